The van der Waals surface area contributed by atoms with E-state index in [-0.39, 0.29) is 5.91 Å². The Kier molecular flexibility index (Phi) is 3.65. The number of amides is 1. The highest BCUT2D eigenvalue weighted by molar-refractivity contribution is 7.21. The van der Waals surface area contributed by atoms with Gasteiger partial charge in [-0.2, -0.15) is 0 Å². The SMILES string of the molecule is Cc1ccc2c(N)c(C(=O)NCc3ncc(C)s3)sc2c1. The van der Waals surface area contributed by atoms with E-state index in [4.69, 9.17) is 5.73 Å². The normalized spacial score (nSPS) is 11.0. The largest absolute Gasteiger partial charge is 0.397 e. The Morgan fingerprint density at radius 2 is 2.14 bits per heavy atom. The molecule has 1 amide bonds. The summed E-state index contributed by atoms with van der Waals surface area (Å²) >= 11 is 3.01. The van der Waals surface area contributed by atoms with Crippen molar-refractivity contribution in [2.45, 2.75) is 20.4 Å². The molecule has 0 spiro atoms. The number of hydrogen-bond acceptors (Lipinski definition) is 5. The van der Waals surface area contributed by atoms with E-state index in [1.54, 1.807) is 11.3 Å². The van der Waals surface area contributed by atoms with E-state index in [2.05, 4.69) is 16.4 Å². The van der Waals surface area contributed by atoms with Crippen LogP contribution in [0.4, 0.5) is 5.69 Å². The Hall–Kier alpha value is -1.92. The molecule has 3 N–H and O–H groups in total. The van der Waals surface area contributed by atoms with Crippen LogP contribution in [0.15, 0.2) is 24.4 Å². The second-order valence-electron chi connectivity index (χ2n) is 4.89. The third kappa shape index (κ3) is 2.77. The van der Waals surface area contributed by atoms with Gasteiger partial charge in [0.25, 0.3) is 5.91 Å². The third-order valence-electron chi connectivity index (χ3n) is 3.16. The maximum atomic E-state index is 12.3. The first-order valence-corrected chi connectivity index (χ1v) is 8.16. The third-order valence-corrected chi connectivity index (χ3v) is 5.24. The van der Waals surface area contributed by atoms with E-state index in [0.29, 0.717) is 17.1 Å². The Morgan fingerprint density at radius 1 is 1.33 bits per heavy atom. The highest BCUT2D eigenvalue weighted by Crippen LogP contribution is 2.34. The average Bonchev–Trinajstić information content (AvgIpc) is 3.00. The minimum atomic E-state index is -0.140. The molecule has 0 saturated heterocycles. The van der Waals surface area contributed by atoms with Gasteiger partial charge in [-0.15, -0.1) is 22.7 Å². The molecule has 0 aliphatic heterocycles. The fourth-order valence-corrected chi connectivity index (χ4v) is 3.98. The predicted octanol–water partition coefficient (Wildman–Crippen LogP) is 3.49. The number of fused-ring (bicyclic) bond motifs is 1. The molecule has 4 nitrogen and oxygen atoms in total. The van der Waals surface area contributed by atoms with E-state index in [1.807, 2.05) is 32.2 Å². The van der Waals surface area contributed by atoms with Crippen molar-refractivity contribution in [3.63, 3.8) is 0 Å². The zero-order chi connectivity index (χ0) is 15.0. The summed E-state index contributed by atoms with van der Waals surface area (Å²) in [7, 11) is 0. The topological polar surface area (TPSA) is 68.0 Å². The molecule has 0 aliphatic rings. The molecule has 0 atom stereocenters. The monoisotopic (exact) mass is 317 g/mol. The molecule has 0 saturated carbocycles. The summed E-state index contributed by atoms with van der Waals surface area (Å²) in [5.41, 5.74) is 7.82. The number of anilines is 1. The molecule has 2 heterocycles. The number of nitrogens with one attached hydrogen (secondary N) is 1. The number of nitrogens with two attached hydrogens (primary N) is 1. The zero-order valence-corrected chi connectivity index (χ0v) is 13.4. The molecule has 6 heteroatoms. The number of hydrogen-bond donors (Lipinski definition) is 2. The lowest BCUT2D eigenvalue weighted by atomic mass is 10.1. The van der Waals surface area contributed by atoms with Gasteiger partial charge in [-0.3, -0.25) is 4.79 Å². The van der Waals surface area contributed by atoms with Gasteiger partial charge >= 0.3 is 0 Å². The van der Waals surface area contributed by atoms with Crippen LogP contribution in [-0.4, -0.2) is 10.9 Å². The number of aryl methyl sites for hydroxylation is 2. The van der Waals surface area contributed by atoms with Gasteiger partial charge in [-0.05, 0) is 25.5 Å². The van der Waals surface area contributed by atoms with E-state index in [9.17, 15) is 4.79 Å². The quantitative estimate of drug-likeness (QED) is 0.777. The van der Waals surface area contributed by atoms with Crippen molar-refractivity contribution >= 4 is 44.4 Å². The first-order chi connectivity index (χ1) is 10.0. The van der Waals surface area contributed by atoms with Crippen molar-refractivity contribution in [1.82, 2.24) is 10.3 Å². The summed E-state index contributed by atoms with van der Waals surface area (Å²) in [4.78, 5) is 18.2. The summed E-state index contributed by atoms with van der Waals surface area (Å²) in [6.07, 6.45) is 1.81. The lowest BCUT2D eigenvalue weighted by molar-refractivity contribution is 0.0956. The number of carbonyl (C=O) groups excluding carboxylic acids is 1. The number of carbonyl (C=O) groups is 1. The van der Waals surface area contributed by atoms with E-state index < -0.39 is 0 Å². The van der Waals surface area contributed by atoms with Crippen molar-refractivity contribution in [2.75, 3.05) is 5.73 Å². The molecule has 0 unspecified atom stereocenters. The molecule has 2 aromatic heterocycles. The van der Waals surface area contributed by atoms with Crippen LogP contribution in [0.3, 0.4) is 0 Å². The number of aromatic nitrogens is 1. The predicted molar refractivity (Wildman–Crippen MR) is 89.0 cm³/mol. The van der Waals surface area contributed by atoms with Crippen LogP contribution in [-0.2, 0) is 6.54 Å². The molecule has 3 rings (SSSR count). The first kappa shape index (κ1) is 14.0. The van der Waals surface area contributed by atoms with E-state index >= 15 is 0 Å². The van der Waals surface area contributed by atoms with Gasteiger partial charge < -0.3 is 11.1 Å². The summed E-state index contributed by atoms with van der Waals surface area (Å²) in [5.74, 6) is -0.140. The lowest BCUT2D eigenvalue weighted by Gasteiger charge is -2.01. The van der Waals surface area contributed by atoms with Crippen LogP contribution in [0.1, 0.15) is 25.1 Å². The minimum absolute atomic E-state index is 0.140. The first-order valence-electron chi connectivity index (χ1n) is 6.52. The number of thiazole rings is 1. The Bertz CT molecular complexity index is 820. The van der Waals surface area contributed by atoms with Crippen LogP contribution >= 0.6 is 22.7 Å². The molecule has 3 aromatic rings. The van der Waals surface area contributed by atoms with Crippen LogP contribution in [0.25, 0.3) is 10.1 Å². The molecule has 0 aliphatic carbocycles. The van der Waals surface area contributed by atoms with Gasteiger partial charge in [0.05, 0.1) is 12.2 Å². The Balaban J connectivity index is 1.82. The van der Waals surface area contributed by atoms with Crippen LogP contribution < -0.4 is 11.1 Å². The van der Waals surface area contributed by atoms with E-state index in [1.165, 1.54) is 11.3 Å². The summed E-state index contributed by atoms with van der Waals surface area (Å²) in [6, 6.07) is 6.03. The molecule has 0 fully saturated rings. The van der Waals surface area contributed by atoms with Crippen molar-refractivity contribution in [2.24, 2.45) is 0 Å². The second kappa shape index (κ2) is 5.46. The second-order valence-corrected chi connectivity index (χ2v) is 7.26. The number of nitrogens with zero attached hydrogens (tertiary/aromatic N) is 1. The molecule has 108 valence electrons. The molecular weight excluding hydrogens is 302 g/mol. The Labute approximate surface area is 130 Å². The van der Waals surface area contributed by atoms with Gasteiger partial charge in [0, 0.05) is 21.2 Å². The maximum absolute atomic E-state index is 12.3. The molecule has 0 bridgehead atoms. The number of rotatable bonds is 3. The van der Waals surface area contributed by atoms with E-state index in [0.717, 1.165) is 25.5 Å². The van der Waals surface area contributed by atoms with Crippen molar-refractivity contribution in [3.8, 4) is 0 Å². The number of nitrogen functional groups attached to an aromatic ring is 1. The molecule has 0 radical (unpaired) electrons. The standard InChI is InChI=1S/C15H15N3OS2/c1-8-3-4-10-11(5-8)21-14(13(10)16)15(19)18-7-12-17-6-9(2)20-12/h3-6H,7,16H2,1-2H3,(H,18,19). The van der Waals surface area contributed by atoms with Crippen molar-refractivity contribution in [3.05, 3.63) is 44.7 Å². The number of thiophene rings is 1. The molecule has 1 aromatic carbocycles. The van der Waals surface area contributed by atoms with Gasteiger partial charge in [-0.1, -0.05) is 12.1 Å². The summed E-state index contributed by atoms with van der Waals surface area (Å²) < 4.78 is 1.04. The average molecular weight is 317 g/mol. The van der Waals surface area contributed by atoms with Gasteiger partial charge in [0.15, 0.2) is 0 Å². The zero-order valence-electron chi connectivity index (χ0n) is 11.8. The Morgan fingerprint density at radius 3 is 2.86 bits per heavy atom. The number of benzene rings is 1. The van der Waals surface area contributed by atoms with Crippen LogP contribution in [0.2, 0.25) is 0 Å². The fraction of sp³-hybridized carbons (Fsp3) is 0.200. The maximum Gasteiger partial charge on any atom is 0.263 e. The van der Waals surface area contributed by atoms with Gasteiger partial charge in [0.2, 0.25) is 0 Å². The summed E-state index contributed by atoms with van der Waals surface area (Å²) in [5, 5.41) is 4.73. The molecule has 21 heavy (non-hydrogen) atoms. The highest BCUT2D eigenvalue weighted by atomic mass is 32.1. The van der Waals surface area contributed by atoms with Crippen molar-refractivity contribution in [1.29, 1.82) is 0 Å². The van der Waals surface area contributed by atoms with Gasteiger partial charge in [-0.25, -0.2) is 4.98 Å². The summed E-state index contributed by atoms with van der Waals surface area (Å²) in [6.45, 7) is 4.46. The highest BCUT2D eigenvalue weighted by Gasteiger charge is 2.16. The fourth-order valence-electron chi connectivity index (χ4n) is 2.11. The smallest absolute Gasteiger partial charge is 0.263 e. The minimum Gasteiger partial charge on any atom is -0.397 e. The lowest BCUT2D eigenvalue weighted by Crippen LogP contribution is -2.22. The van der Waals surface area contributed by atoms with Crippen molar-refractivity contribution < 1.29 is 4.79 Å². The van der Waals surface area contributed by atoms with Gasteiger partial charge in [0.1, 0.15) is 9.88 Å². The van der Waals surface area contributed by atoms with Crippen LogP contribution in [0, 0.1) is 13.8 Å². The molecular formula is C15H15N3OS2. The van der Waals surface area contributed by atoms with Crippen LogP contribution in [0.5, 0.6) is 0 Å².